The van der Waals surface area contributed by atoms with Crippen molar-refractivity contribution in [2.24, 2.45) is 0 Å². The number of nitrogens with zero attached hydrogens (tertiary/aromatic N) is 1. The molecule has 12 heavy (non-hydrogen) atoms. The highest BCUT2D eigenvalue weighted by molar-refractivity contribution is 9.10. The van der Waals surface area contributed by atoms with Gasteiger partial charge in [0.1, 0.15) is 12.3 Å². The zero-order valence-electron chi connectivity index (χ0n) is 6.58. The summed E-state index contributed by atoms with van der Waals surface area (Å²) in [6, 6.07) is 3.44. The van der Waals surface area contributed by atoms with Gasteiger partial charge in [0.05, 0.1) is 0 Å². The monoisotopic (exact) mass is 229 g/mol. The first kappa shape index (κ1) is 9.35. The van der Waals surface area contributed by atoms with Crippen molar-refractivity contribution in [2.45, 2.75) is 0 Å². The molecular formula is C8H8BrNO2. The number of Topliss-reactive ketones (excluding diaryl/α,β-unsaturated/α-hetero) is 1. The fourth-order valence-electron chi connectivity index (χ4n) is 0.762. The molecule has 4 heteroatoms. The Bertz CT molecular complexity index is 288. The van der Waals surface area contributed by atoms with Crippen LogP contribution in [0.5, 0.6) is 0 Å². The third-order valence-electron chi connectivity index (χ3n) is 1.28. The highest BCUT2D eigenvalue weighted by Gasteiger charge is 2.05. The van der Waals surface area contributed by atoms with Crippen molar-refractivity contribution in [3.63, 3.8) is 0 Å². The number of methoxy groups -OCH3 is 1. The highest BCUT2D eigenvalue weighted by atomic mass is 79.9. The van der Waals surface area contributed by atoms with Crippen molar-refractivity contribution in [3.05, 3.63) is 28.5 Å². The van der Waals surface area contributed by atoms with Crippen LogP contribution in [-0.4, -0.2) is 24.5 Å². The lowest BCUT2D eigenvalue weighted by molar-refractivity contribution is 0.0843. The van der Waals surface area contributed by atoms with Gasteiger partial charge in [-0.1, -0.05) is 15.9 Å². The Morgan fingerprint density at radius 2 is 2.50 bits per heavy atom. The highest BCUT2D eigenvalue weighted by Crippen LogP contribution is 2.09. The average Bonchev–Trinajstić information content (AvgIpc) is 2.05. The van der Waals surface area contributed by atoms with Crippen LogP contribution in [0.1, 0.15) is 10.5 Å². The minimum Gasteiger partial charge on any atom is -0.376 e. The minimum atomic E-state index is -0.112. The normalized spacial score (nSPS) is 9.83. The van der Waals surface area contributed by atoms with Crippen LogP contribution in [0, 0.1) is 0 Å². The van der Waals surface area contributed by atoms with Gasteiger partial charge >= 0.3 is 0 Å². The van der Waals surface area contributed by atoms with Crippen molar-refractivity contribution in [1.29, 1.82) is 0 Å². The molecule has 0 bridgehead atoms. The lowest BCUT2D eigenvalue weighted by Crippen LogP contribution is -2.08. The molecular weight excluding hydrogens is 222 g/mol. The Labute approximate surface area is 78.9 Å². The van der Waals surface area contributed by atoms with Gasteiger partial charge in [-0.15, -0.1) is 0 Å². The molecule has 0 radical (unpaired) electrons. The van der Waals surface area contributed by atoms with E-state index in [9.17, 15) is 4.79 Å². The van der Waals surface area contributed by atoms with Crippen LogP contribution in [0.2, 0.25) is 0 Å². The van der Waals surface area contributed by atoms with Gasteiger partial charge in [-0.25, -0.2) is 0 Å². The molecule has 1 aromatic heterocycles. The Hall–Kier alpha value is -0.740. The van der Waals surface area contributed by atoms with Gasteiger partial charge < -0.3 is 4.74 Å². The quantitative estimate of drug-likeness (QED) is 0.741. The summed E-state index contributed by atoms with van der Waals surface area (Å²) in [5.41, 5.74) is 0.422. The van der Waals surface area contributed by atoms with Gasteiger partial charge in [0.25, 0.3) is 0 Å². The van der Waals surface area contributed by atoms with Gasteiger partial charge in [0.15, 0.2) is 0 Å². The number of halogens is 1. The van der Waals surface area contributed by atoms with E-state index < -0.39 is 0 Å². The lowest BCUT2D eigenvalue weighted by atomic mass is 10.3. The largest absolute Gasteiger partial charge is 0.376 e. The van der Waals surface area contributed by atoms with Crippen molar-refractivity contribution in [1.82, 2.24) is 4.98 Å². The second-order valence-corrected chi connectivity index (χ2v) is 3.13. The van der Waals surface area contributed by atoms with Crippen molar-refractivity contribution in [3.8, 4) is 0 Å². The number of aromatic nitrogens is 1. The molecule has 0 aliphatic carbocycles. The van der Waals surface area contributed by atoms with E-state index in [1.165, 1.54) is 7.11 Å². The van der Waals surface area contributed by atoms with Crippen LogP contribution < -0.4 is 0 Å². The molecule has 1 heterocycles. The number of hydrogen-bond acceptors (Lipinski definition) is 3. The zero-order chi connectivity index (χ0) is 8.97. The predicted molar refractivity (Wildman–Crippen MR) is 48.1 cm³/mol. The van der Waals surface area contributed by atoms with Crippen LogP contribution >= 0.6 is 15.9 Å². The maximum atomic E-state index is 11.2. The molecule has 1 rings (SSSR count). The van der Waals surface area contributed by atoms with E-state index in [1.807, 2.05) is 0 Å². The molecule has 0 unspecified atom stereocenters. The van der Waals surface area contributed by atoms with Gasteiger partial charge in [0, 0.05) is 17.8 Å². The topological polar surface area (TPSA) is 39.2 Å². The van der Waals surface area contributed by atoms with Crippen LogP contribution in [0.15, 0.2) is 22.8 Å². The number of rotatable bonds is 3. The molecule has 0 aliphatic rings. The Kier molecular flexibility index (Phi) is 3.37. The first-order chi connectivity index (χ1) is 5.74. The third-order valence-corrected chi connectivity index (χ3v) is 1.78. The van der Waals surface area contributed by atoms with Crippen LogP contribution in [0.3, 0.4) is 0 Å². The number of carbonyl (C=O) groups excluding carboxylic acids is 1. The molecule has 0 aromatic carbocycles. The van der Waals surface area contributed by atoms with Crippen LogP contribution in [-0.2, 0) is 4.74 Å². The Balaban J connectivity index is 2.81. The summed E-state index contributed by atoms with van der Waals surface area (Å²) in [6.45, 7) is 0.0729. The fourth-order valence-corrected chi connectivity index (χ4v) is 1.10. The molecule has 0 amide bonds. The average molecular weight is 230 g/mol. The molecule has 1 aromatic rings. The maximum Gasteiger partial charge on any atom is 0.206 e. The summed E-state index contributed by atoms with van der Waals surface area (Å²) >= 11 is 3.25. The van der Waals surface area contributed by atoms with Crippen molar-refractivity contribution in [2.75, 3.05) is 13.7 Å². The van der Waals surface area contributed by atoms with Gasteiger partial charge in [-0.2, -0.15) is 0 Å². The van der Waals surface area contributed by atoms with E-state index in [2.05, 4.69) is 20.9 Å². The molecule has 0 spiro atoms. The summed E-state index contributed by atoms with van der Waals surface area (Å²) in [5.74, 6) is -0.112. The standard InChI is InChI=1S/C8H8BrNO2/c1-12-5-8(11)7-4-6(9)2-3-10-7/h2-4H,5H2,1H3. The smallest absolute Gasteiger partial charge is 0.206 e. The van der Waals surface area contributed by atoms with Gasteiger partial charge in [-0.05, 0) is 12.1 Å². The van der Waals surface area contributed by atoms with E-state index in [1.54, 1.807) is 18.3 Å². The number of ketones is 1. The number of hydrogen-bond donors (Lipinski definition) is 0. The van der Waals surface area contributed by atoms with E-state index >= 15 is 0 Å². The zero-order valence-corrected chi connectivity index (χ0v) is 8.17. The van der Waals surface area contributed by atoms with Crippen LogP contribution in [0.4, 0.5) is 0 Å². The molecule has 3 nitrogen and oxygen atoms in total. The van der Waals surface area contributed by atoms with Crippen LogP contribution in [0.25, 0.3) is 0 Å². The van der Waals surface area contributed by atoms with Crippen molar-refractivity contribution < 1.29 is 9.53 Å². The first-order valence-electron chi connectivity index (χ1n) is 3.37. The number of ether oxygens (including phenoxy) is 1. The summed E-state index contributed by atoms with van der Waals surface area (Å²) in [6.07, 6.45) is 1.58. The molecule has 0 N–H and O–H groups in total. The maximum absolute atomic E-state index is 11.2. The summed E-state index contributed by atoms with van der Waals surface area (Å²) in [5, 5.41) is 0. The molecule has 0 saturated carbocycles. The second-order valence-electron chi connectivity index (χ2n) is 2.22. The summed E-state index contributed by atoms with van der Waals surface area (Å²) in [7, 11) is 1.48. The summed E-state index contributed by atoms with van der Waals surface area (Å²) in [4.78, 5) is 15.1. The van der Waals surface area contributed by atoms with E-state index in [0.717, 1.165) is 4.47 Å². The number of carbonyl (C=O) groups is 1. The molecule has 0 saturated heterocycles. The SMILES string of the molecule is COCC(=O)c1cc(Br)ccn1. The Morgan fingerprint density at radius 3 is 3.08 bits per heavy atom. The lowest BCUT2D eigenvalue weighted by Gasteiger charge is -1.98. The molecule has 0 fully saturated rings. The van der Waals surface area contributed by atoms with Gasteiger partial charge in [-0.3, -0.25) is 9.78 Å². The predicted octanol–water partition coefficient (Wildman–Crippen LogP) is 1.67. The first-order valence-corrected chi connectivity index (χ1v) is 4.17. The van der Waals surface area contributed by atoms with Gasteiger partial charge in [0.2, 0.25) is 5.78 Å². The Morgan fingerprint density at radius 1 is 1.75 bits per heavy atom. The third kappa shape index (κ3) is 2.39. The van der Waals surface area contributed by atoms with E-state index in [-0.39, 0.29) is 12.4 Å². The van der Waals surface area contributed by atoms with E-state index in [0.29, 0.717) is 5.69 Å². The van der Waals surface area contributed by atoms with Crippen molar-refractivity contribution >= 4 is 21.7 Å². The summed E-state index contributed by atoms with van der Waals surface area (Å²) < 4.78 is 5.54. The molecule has 0 atom stereocenters. The van der Waals surface area contributed by atoms with E-state index in [4.69, 9.17) is 4.74 Å². The number of pyridine rings is 1. The fraction of sp³-hybridized carbons (Fsp3) is 0.250. The second kappa shape index (κ2) is 4.33. The minimum absolute atomic E-state index is 0.0729. The molecule has 0 aliphatic heterocycles. The molecule has 64 valence electrons.